The number of carbonyl (C=O) groups excluding carboxylic acids is 1. The predicted molar refractivity (Wildman–Crippen MR) is 99.6 cm³/mol. The van der Waals surface area contributed by atoms with Crippen LogP contribution in [0.3, 0.4) is 0 Å². The highest BCUT2D eigenvalue weighted by molar-refractivity contribution is 6.30. The lowest BCUT2D eigenvalue weighted by molar-refractivity contribution is -0.385. The topological polar surface area (TPSA) is 108 Å². The molecule has 27 heavy (non-hydrogen) atoms. The van der Waals surface area contributed by atoms with Crippen molar-refractivity contribution < 1.29 is 9.72 Å². The third-order valence-corrected chi connectivity index (χ3v) is 4.07. The maximum absolute atomic E-state index is 12.1. The Morgan fingerprint density at radius 2 is 2.15 bits per heavy atom. The first kappa shape index (κ1) is 18.6. The number of hydrogen-bond acceptors (Lipinski definition) is 5. The summed E-state index contributed by atoms with van der Waals surface area (Å²) in [6.07, 6.45) is 4.75. The molecule has 3 rings (SSSR count). The standard InChI is InChI=1S/C17H17ClN6O3/c1-12-16(24(26)27)11-22(21-12)6-5-17(25)20-15-8-19-23(10-15)9-13-3-2-4-14(18)7-13/h2-4,7-8,10-11H,5-6,9H2,1H3,(H,20,25). The van der Waals surface area contributed by atoms with Crippen molar-refractivity contribution in [3.8, 4) is 0 Å². The monoisotopic (exact) mass is 388 g/mol. The minimum Gasteiger partial charge on any atom is -0.323 e. The van der Waals surface area contributed by atoms with Crippen LogP contribution in [0.5, 0.6) is 0 Å². The summed E-state index contributed by atoms with van der Waals surface area (Å²) in [5.74, 6) is -0.229. The lowest BCUT2D eigenvalue weighted by atomic mass is 10.2. The van der Waals surface area contributed by atoms with Gasteiger partial charge in [0, 0.05) is 24.2 Å². The van der Waals surface area contributed by atoms with Crippen molar-refractivity contribution in [3.63, 3.8) is 0 Å². The summed E-state index contributed by atoms with van der Waals surface area (Å²) in [5.41, 5.74) is 1.84. The molecule has 2 aromatic heterocycles. The molecular formula is C17H17ClN6O3. The van der Waals surface area contributed by atoms with Crippen LogP contribution >= 0.6 is 11.6 Å². The number of halogens is 1. The molecule has 10 heteroatoms. The van der Waals surface area contributed by atoms with Crippen LogP contribution in [0.1, 0.15) is 17.7 Å². The van der Waals surface area contributed by atoms with Crippen molar-refractivity contribution in [2.45, 2.75) is 26.4 Å². The summed E-state index contributed by atoms with van der Waals surface area (Å²) < 4.78 is 3.09. The highest BCUT2D eigenvalue weighted by Gasteiger charge is 2.15. The summed E-state index contributed by atoms with van der Waals surface area (Å²) in [5, 5.41) is 22.5. The minimum atomic E-state index is -0.493. The zero-order valence-electron chi connectivity index (χ0n) is 14.5. The average Bonchev–Trinajstić information content (AvgIpc) is 3.19. The van der Waals surface area contributed by atoms with Gasteiger partial charge >= 0.3 is 5.69 Å². The molecule has 0 spiro atoms. The molecule has 3 aromatic rings. The molecule has 140 valence electrons. The number of amides is 1. The van der Waals surface area contributed by atoms with Crippen LogP contribution in [-0.4, -0.2) is 30.4 Å². The average molecular weight is 389 g/mol. The summed E-state index contributed by atoms with van der Waals surface area (Å²) >= 11 is 5.97. The molecule has 0 aliphatic rings. The number of hydrogen-bond donors (Lipinski definition) is 1. The van der Waals surface area contributed by atoms with E-state index >= 15 is 0 Å². The highest BCUT2D eigenvalue weighted by atomic mass is 35.5. The second kappa shape index (κ2) is 8.00. The number of nitrogens with one attached hydrogen (secondary N) is 1. The van der Waals surface area contributed by atoms with E-state index in [4.69, 9.17) is 11.6 Å². The molecule has 0 saturated carbocycles. The maximum Gasteiger partial charge on any atom is 0.309 e. The number of nitro groups is 1. The molecule has 1 aromatic carbocycles. The van der Waals surface area contributed by atoms with Gasteiger partial charge in [0.05, 0.1) is 23.4 Å². The van der Waals surface area contributed by atoms with Crippen molar-refractivity contribution in [1.82, 2.24) is 19.6 Å². The van der Waals surface area contributed by atoms with Crippen molar-refractivity contribution in [2.24, 2.45) is 0 Å². The van der Waals surface area contributed by atoms with Gasteiger partial charge in [-0.15, -0.1) is 0 Å². The summed E-state index contributed by atoms with van der Waals surface area (Å²) in [7, 11) is 0. The van der Waals surface area contributed by atoms with Crippen LogP contribution in [0.4, 0.5) is 11.4 Å². The largest absolute Gasteiger partial charge is 0.323 e. The smallest absolute Gasteiger partial charge is 0.309 e. The molecule has 0 bridgehead atoms. The summed E-state index contributed by atoms with van der Waals surface area (Å²) in [6, 6.07) is 7.46. The Kier molecular flexibility index (Phi) is 5.51. The van der Waals surface area contributed by atoms with Crippen LogP contribution in [-0.2, 0) is 17.9 Å². The van der Waals surface area contributed by atoms with Crippen LogP contribution in [0.2, 0.25) is 5.02 Å². The fraction of sp³-hybridized carbons (Fsp3) is 0.235. The van der Waals surface area contributed by atoms with E-state index < -0.39 is 4.92 Å². The number of rotatable bonds is 7. The van der Waals surface area contributed by atoms with Crippen LogP contribution in [0, 0.1) is 17.0 Å². The molecule has 0 saturated heterocycles. The van der Waals surface area contributed by atoms with E-state index in [0.717, 1.165) is 5.56 Å². The molecule has 0 atom stereocenters. The van der Waals surface area contributed by atoms with Crippen LogP contribution < -0.4 is 5.32 Å². The minimum absolute atomic E-state index is 0.0577. The Labute approximate surface area is 159 Å². The van der Waals surface area contributed by atoms with E-state index in [1.54, 1.807) is 30.1 Å². The first-order valence-electron chi connectivity index (χ1n) is 8.16. The molecule has 1 amide bonds. The lowest BCUT2D eigenvalue weighted by Gasteiger charge is -2.03. The third kappa shape index (κ3) is 4.91. The normalized spacial score (nSPS) is 10.7. The fourth-order valence-corrected chi connectivity index (χ4v) is 2.79. The van der Waals surface area contributed by atoms with Gasteiger partial charge in [0.15, 0.2) is 0 Å². The number of nitrogens with zero attached hydrogens (tertiary/aromatic N) is 5. The van der Waals surface area contributed by atoms with E-state index in [-0.39, 0.29) is 24.6 Å². The second-order valence-corrected chi connectivity index (χ2v) is 6.41. The molecular weight excluding hydrogens is 372 g/mol. The number of benzene rings is 1. The summed E-state index contributed by atoms with van der Waals surface area (Å²) in [6.45, 7) is 2.34. The van der Waals surface area contributed by atoms with Gasteiger partial charge in [0.25, 0.3) is 0 Å². The van der Waals surface area contributed by atoms with Crippen LogP contribution in [0.25, 0.3) is 0 Å². The number of aryl methyl sites for hydroxylation is 2. The van der Waals surface area contributed by atoms with Crippen molar-refractivity contribution >= 4 is 28.9 Å². The van der Waals surface area contributed by atoms with Gasteiger partial charge in [-0.2, -0.15) is 10.2 Å². The first-order chi connectivity index (χ1) is 12.9. The maximum atomic E-state index is 12.1. The van der Waals surface area contributed by atoms with Gasteiger partial charge in [-0.1, -0.05) is 23.7 Å². The molecule has 0 aliphatic carbocycles. The van der Waals surface area contributed by atoms with Crippen molar-refractivity contribution in [3.05, 3.63) is 69.3 Å². The van der Waals surface area contributed by atoms with Gasteiger partial charge in [0.2, 0.25) is 5.91 Å². The zero-order chi connectivity index (χ0) is 19.4. The van der Waals surface area contributed by atoms with E-state index in [1.807, 2.05) is 18.2 Å². The predicted octanol–water partition coefficient (Wildman–Crippen LogP) is 3.03. The van der Waals surface area contributed by atoms with Gasteiger partial charge < -0.3 is 5.32 Å². The molecule has 0 fully saturated rings. The van der Waals surface area contributed by atoms with E-state index in [2.05, 4.69) is 15.5 Å². The van der Waals surface area contributed by atoms with Crippen molar-refractivity contribution in [2.75, 3.05) is 5.32 Å². The molecule has 2 heterocycles. The van der Waals surface area contributed by atoms with Gasteiger partial charge in [0.1, 0.15) is 11.9 Å². The molecule has 9 nitrogen and oxygen atoms in total. The Morgan fingerprint density at radius 1 is 1.33 bits per heavy atom. The van der Waals surface area contributed by atoms with Crippen LogP contribution in [0.15, 0.2) is 42.9 Å². The van der Waals surface area contributed by atoms with Gasteiger partial charge in [-0.25, -0.2) is 0 Å². The first-order valence-corrected chi connectivity index (χ1v) is 8.53. The second-order valence-electron chi connectivity index (χ2n) is 5.97. The Bertz CT molecular complexity index is 981. The quantitative estimate of drug-likeness (QED) is 0.494. The SMILES string of the molecule is Cc1nn(CCC(=O)Nc2cnn(Cc3cccc(Cl)c3)c2)cc1[N+](=O)[O-]. The molecule has 0 unspecified atom stereocenters. The number of carbonyl (C=O) groups is 1. The van der Waals surface area contributed by atoms with E-state index in [0.29, 0.717) is 22.9 Å². The van der Waals surface area contributed by atoms with Gasteiger partial charge in [-0.3, -0.25) is 24.3 Å². The zero-order valence-corrected chi connectivity index (χ0v) is 15.3. The lowest BCUT2D eigenvalue weighted by Crippen LogP contribution is -2.14. The third-order valence-electron chi connectivity index (χ3n) is 3.84. The Morgan fingerprint density at radius 3 is 2.85 bits per heavy atom. The number of anilines is 1. The molecule has 0 radical (unpaired) electrons. The highest BCUT2D eigenvalue weighted by Crippen LogP contribution is 2.16. The van der Waals surface area contributed by atoms with E-state index in [9.17, 15) is 14.9 Å². The summed E-state index contributed by atoms with van der Waals surface area (Å²) in [4.78, 5) is 22.4. The molecule has 1 N–H and O–H groups in total. The van der Waals surface area contributed by atoms with Crippen molar-refractivity contribution in [1.29, 1.82) is 0 Å². The Hall–Kier alpha value is -3.20. The Balaban J connectivity index is 1.53. The number of aromatic nitrogens is 4. The van der Waals surface area contributed by atoms with E-state index in [1.165, 1.54) is 10.9 Å². The molecule has 0 aliphatic heterocycles. The fourth-order valence-electron chi connectivity index (χ4n) is 2.58. The van der Waals surface area contributed by atoms with Gasteiger partial charge in [-0.05, 0) is 24.6 Å².